The summed E-state index contributed by atoms with van der Waals surface area (Å²) >= 11 is 0. The zero-order valence-electron chi connectivity index (χ0n) is 8.29. The summed E-state index contributed by atoms with van der Waals surface area (Å²) in [5.74, 6) is -3.26. The average molecular weight is 230 g/mol. The van der Waals surface area contributed by atoms with E-state index in [0.717, 1.165) is 0 Å². The standard InChI is InChI=1S/C9H8F2N2O3/c1-2-12-9(14)5-3-8(13(15)16)7(11)4-6(5)10/h3-4H,2H2,1H3,(H,12,14). The van der Waals surface area contributed by atoms with Gasteiger partial charge in [-0.3, -0.25) is 14.9 Å². The van der Waals surface area contributed by atoms with Gasteiger partial charge in [0.2, 0.25) is 5.82 Å². The van der Waals surface area contributed by atoms with E-state index in [0.29, 0.717) is 12.1 Å². The Balaban J connectivity index is 3.24. The molecule has 0 aliphatic carbocycles. The minimum atomic E-state index is -1.31. The molecule has 0 bridgehead atoms. The Hall–Kier alpha value is -2.05. The van der Waals surface area contributed by atoms with E-state index in [9.17, 15) is 23.7 Å². The second kappa shape index (κ2) is 4.65. The van der Waals surface area contributed by atoms with E-state index in [2.05, 4.69) is 5.32 Å². The summed E-state index contributed by atoms with van der Waals surface area (Å²) in [5, 5.41) is 12.6. The number of nitrogens with one attached hydrogen (secondary N) is 1. The molecule has 1 amide bonds. The minimum Gasteiger partial charge on any atom is -0.352 e. The van der Waals surface area contributed by atoms with Crippen molar-refractivity contribution >= 4 is 11.6 Å². The van der Waals surface area contributed by atoms with Crippen molar-refractivity contribution in [2.75, 3.05) is 6.54 Å². The monoisotopic (exact) mass is 230 g/mol. The molecule has 5 nitrogen and oxygen atoms in total. The molecule has 0 radical (unpaired) electrons. The number of nitro benzene ring substituents is 1. The number of carbonyl (C=O) groups excluding carboxylic acids is 1. The third-order valence-electron chi connectivity index (χ3n) is 1.82. The predicted molar refractivity (Wildman–Crippen MR) is 51.0 cm³/mol. The van der Waals surface area contributed by atoms with E-state index < -0.39 is 33.7 Å². The number of nitrogens with zero attached hydrogens (tertiary/aromatic N) is 1. The van der Waals surface area contributed by atoms with Crippen molar-refractivity contribution in [2.45, 2.75) is 6.92 Å². The molecular weight excluding hydrogens is 222 g/mol. The number of benzene rings is 1. The molecule has 1 aromatic rings. The molecule has 0 aromatic heterocycles. The molecule has 0 saturated heterocycles. The fraction of sp³-hybridized carbons (Fsp3) is 0.222. The fourth-order valence-electron chi connectivity index (χ4n) is 1.11. The molecule has 0 unspecified atom stereocenters. The van der Waals surface area contributed by atoms with Crippen molar-refractivity contribution in [3.63, 3.8) is 0 Å². The Bertz CT molecular complexity index is 449. The summed E-state index contributed by atoms with van der Waals surface area (Å²) in [4.78, 5) is 20.6. The highest BCUT2D eigenvalue weighted by Crippen LogP contribution is 2.21. The minimum absolute atomic E-state index is 0.240. The predicted octanol–water partition coefficient (Wildman–Crippen LogP) is 1.62. The quantitative estimate of drug-likeness (QED) is 0.633. The summed E-state index contributed by atoms with van der Waals surface area (Å²) in [6.45, 7) is 1.84. The third-order valence-corrected chi connectivity index (χ3v) is 1.82. The van der Waals surface area contributed by atoms with Gasteiger partial charge in [-0.1, -0.05) is 0 Å². The van der Waals surface area contributed by atoms with Crippen molar-refractivity contribution in [1.29, 1.82) is 0 Å². The fourth-order valence-corrected chi connectivity index (χ4v) is 1.11. The van der Waals surface area contributed by atoms with Crippen LogP contribution in [0.2, 0.25) is 0 Å². The smallest absolute Gasteiger partial charge is 0.305 e. The van der Waals surface area contributed by atoms with Crippen LogP contribution in [-0.2, 0) is 0 Å². The van der Waals surface area contributed by atoms with Gasteiger partial charge in [-0.05, 0) is 6.92 Å². The van der Waals surface area contributed by atoms with Crippen LogP contribution >= 0.6 is 0 Å². The van der Waals surface area contributed by atoms with Gasteiger partial charge >= 0.3 is 5.69 Å². The van der Waals surface area contributed by atoms with E-state index >= 15 is 0 Å². The third kappa shape index (κ3) is 2.30. The van der Waals surface area contributed by atoms with Gasteiger partial charge in [0.1, 0.15) is 5.82 Å². The molecular formula is C9H8F2N2O3. The summed E-state index contributed by atoms with van der Waals surface area (Å²) in [5.41, 5.74) is -1.47. The van der Waals surface area contributed by atoms with Gasteiger partial charge < -0.3 is 5.32 Å². The lowest BCUT2D eigenvalue weighted by Gasteiger charge is -2.03. The van der Waals surface area contributed by atoms with E-state index in [1.165, 1.54) is 0 Å². The van der Waals surface area contributed by atoms with E-state index in [4.69, 9.17) is 0 Å². The van der Waals surface area contributed by atoms with Crippen LogP contribution in [0.25, 0.3) is 0 Å². The number of nitro groups is 1. The first kappa shape index (κ1) is 12.0. The number of halogens is 2. The topological polar surface area (TPSA) is 72.2 Å². The van der Waals surface area contributed by atoms with Gasteiger partial charge in [-0.25, -0.2) is 4.39 Å². The molecule has 86 valence electrons. The number of hydrogen-bond acceptors (Lipinski definition) is 3. The second-order valence-electron chi connectivity index (χ2n) is 2.90. The molecule has 0 heterocycles. The SMILES string of the molecule is CCNC(=O)c1cc([N+](=O)[O-])c(F)cc1F. The molecule has 0 saturated carbocycles. The van der Waals surface area contributed by atoms with E-state index in [-0.39, 0.29) is 6.54 Å². The maximum Gasteiger partial charge on any atom is 0.305 e. The van der Waals surface area contributed by atoms with Crippen LogP contribution in [0.15, 0.2) is 12.1 Å². The molecule has 1 rings (SSSR count). The van der Waals surface area contributed by atoms with Crippen molar-refractivity contribution in [3.05, 3.63) is 39.4 Å². The lowest BCUT2D eigenvalue weighted by atomic mass is 10.1. The molecule has 0 spiro atoms. The molecule has 0 fully saturated rings. The van der Waals surface area contributed by atoms with Crippen molar-refractivity contribution in [2.24, 2.45) is 0 Å². The Kier molecular flexibility index (Phi) is 3.49. The Morgan fingerprint density at radius 2 is 2.06 bits per heavy atom. The molecule has 0 aliphatic rings. The normalized spacial score (nSPS) is 9.94. The van der Waals surface area contributed by atoms with Crippen LogP contribution in [-0.4, -0.2) is 17.4 Å². The highest BCUT2D eigenvalue weighted by atomic mass is 19.1. The largest absolute Gasteiger partial charge is 0.352 e. The second-order valence-corrected chi connectivity index (χ2v) is 2.90. The van der Waals surface area contributed by atoms with Crippen molar-refractivity contribution in [3.8, 4) is 0 Å². The number of carbonyl (C=O) groups is 1. The molecule has 7 heteroatoms. The highest BCUT2D eigenvalue weighted by molar-refractivity contribution is 5.95. The summed E-state index contributed by atoms with van der Waals surface area (Å²) in [7, 11) is 0. The van der Waals surface area contributed by atoms with Crippen LogP contribution in [0.3, 0.4) is 0 Å². The zero-order valence-corrected chi connectivity index (χ0v) is 8.29. The summed E-state index contributed by atoms with van der Waals surface area (Å²) in [6.07, 6.45) is 0. The van der Waals surface area contributed by atoms with Crippen LogP contribution in [0, 0.1) is 21.7 Å². The Morgan fingerprint density at radius 3 is 2.56 bits per heavy atom. The number of hydrogen-bond donors (Lipinski definition) is 1. The summed E-state index contributed by atoms with van der Waals surface area (Å²) in [6, 6.07) is 0.901. The van der Waals surface area contributed by atoms with Gasteiger partial charge in [0, 0.05) is 18.7 Å². The highest BCUT2D eigenvalue weighted by Gasteiger charge is 2.21. The lowest BCUT2D eigenvalue weighted by molar-refractivity contribution is -0.387. The lowest BCUT2D eigenvalue weighted by Crippen LogP contribution is -2.24. The Labute approximate surface area is 89.2 Å². The zero-order chi connectivity index (χ0) is 12.3. The van der Waals surface area contributed by atoms with E-state index in [1.807, 2.05) is 0 Å². The maximum atomic E-state index is 13.1. The van der Waals surface area contributed by atoms with Gasteiger partial charge in [-0.2, -0.15) is 4.39 Å². The summed E-state index contributed by atoms with van der Waals surface area (Å²) < 4.78 is 26.1. The molecule has 1 N–H and O–H groups in total. The maximum absolute atomic E-state index is 13.1. The average Bonchev–Trinajstić information content (AvgIpc) is 2.17. The van der Waals surface area contributed by atoms with Crippen LogP contribution in [0.4, 0.5) is 14.5 Å². The van der Waals surface area contributed by atoms with Crippen LogP contribution < -0.4 is 5.32 Å². The first-order valence-corrected chi connectivity index (χ1v) is 4.39. The molecule has 0 atom stereocenters. The van der Waals surface area contributed by atoms with Gasteiger partial charge in [0.25, 0.3) is 5.91 Å². The Morgan fingerprint density at radius 1 is 1.44 bits per heavy atom. The first-order chi connectivity index (χ1) is 7.47. The molecule has 0 aliphatic heterocycles. The van der Waals surface area contributed by atoms with Crippen LogP contribution in [0.5, 0.6) is 0 Å². The van der Waals surface area contributed by atoms with Crippen LogP contribution in [0.1, 0.15) is 17.3 Å². The number of amides is 1. The molecule has 16 heavy (non-hydrogen) atoms. The first-order valence-electron chi connectivity index (χ1n) is 4.39. The van der Waals surface area contributed by atoms with E-state index in [1.54, 1.807) is 6.92 Å². The van der Waals surface area contributed by atoms with Gasteiger partial charge in [-0.15, -0.1) is 0 Å². The number of rotatable bonds is 3. The van der Waals surface area contributed by atoms with Gasteiger partial charge in [0.05, 0.1) is 10.5 Å². The van der Waals surface area contributed by atoms with Gasteiger partial charge in [0.15, 0.2) is 0 Å². The van der Waals surface area contributed by atoms with Crippen molar-refractivity contribution in [1.82, 2.24) is 5.32 Å². The van der Waals surface area contributed by atoms with Crippen molar-refractivity contribution < 1.29 is 18.5 Å². The molecule has 1 aromatic carbocycles.